The normalized spacial score (nSPS) is 15.5. The van der Waals surface area contributed by atoms with Gasteiger partial charge in [0.1, 0.15) is 11.9 Å². The van der Waals surface area contributed by atoms with Crippen molar-refractivity contribution >= 4 is 29.0 Å². The highest BCUT2D eigenvalue weighted by molar-refractivity contribution is 5.92. The molecule has 7 nitrogen and oxygen atoms in total. The van der Waals surface area contributed by atoms with Gasteiger partial charge >= 0.3 is 0 Å². The predicted molar refractivity (Wildman–Crippen MR) is 130 cm³/mol. The molecule has 168 valence electrons. The first-order valence-corrected chi connectivity index (χ1v) is 10.9. The summed E-state index contributed by atoms with van der Waals surface area (Å²) in [5, 5.41) is 17.0. The third kappa shape index (κ3) is 3.79. The Labute approximate surface area is 193 Å². The largest absolute Gasteiger partial charge is 0.483 e. The molecule has 1 aliphatic rings. The summed E-state index contributed by atoms with van der Waals surface area (Å²) in [4.78, 5) is 18.0. The van der Waals surface area contributed by atoms with Crippen LogP contribution in [0.2, 0.25) is 0 Å². The van der Waals surface area contributed by atoms with Crippen molar-refractivity contribution in [3.63, 3.8) is 0 Å². The van der Waals surface area contributed by atoms with Crippen LogP contribution in [-0.2, 0) is 4.79 Å². The second-order valence-corrected chi connectivity index (χ2v) is 8.32. The van der Waals surface area contributed by atoms with Gasteiger partial charge in [0.05, 0.1) is 22.8 Å². The van der Waals surface area contributed by atoms with Crippen LogP contribution in [0.25, 0.3) is 27.8 Å². The van der Waals surface area contributed by atoms with Crippen LogP contribution in [0.5, 0.6) is 0 Å². The fraction of sp³-hybridized carbons (Fsp3) is 0.269. The molecule has 1 unspecified atom stereocenters. The van der Waals surface area contributed by atoms with Gasteiger partial charge in [-0.25, -0.2) is 4.98 Å². The highest BCUT2D eigenvalue weighted by atomic mass is 16.3. The van der Waals surface area contributed by atoms with E-state index in [-0.39, 0.29) is 6.47 Å². The van der Waals surface area contributed by atoms with Gasteiger partial charge in [0.2, 0.25) is 0 Å². The number of anilines is 1. The zero-order valence-electron chi connectivity index (χ0n) is 19.1. The molecular weight excluding hydrogens is 414 g/mol. The van der Waals surface area contributed by atoms with Crippen molar-refractivity contribution in [3.8, 4) is 17.2 Å². The van der Waals surface area contributed by atoms with E-state index < -0.39 is 0 Å². The van der Waals surface area contributed by atoms with E-state index in [1.54, 1.807) is 0 Å². The molecular formula is C26H27N5O2. The number of aromatic nitrogens is 2. The molecule has 4 aromatic rings. The standard InChI is InChI=1S/C25H25N5.CH2O2/c1-17-19(16-26)24-27-20-12-7-8-13-21(20)30(24)25(23(17)18-10-5-4-6-11-18)29-15-9-14-22(29)28(2)3;2-1-3/h4-8,10-13,22H,9,14-15H2,1-3H3;1H,(H,2,3). The maximum atomic E-state index is 10.1. The quantitative estimate of drug-likeness (QED) is 0.471. The van der Waals surface area contributed by atoms with Gasteiger partial charge in [-0.05, 0) is 57.1 Å². The van der Waals surface area contributed by atoms with E-state index in [1.807, 2.05) is 24.3 Å². The van der Waals surface area contributed by atoms with E-state index in [0.717, 1.165) is 58.6 Å². The first-order chi connectivity index (χ1) is 16.0. The molecule has 1 atom stereocenters. The Hall–Kier alpha value is -3.89. The van der Waals surface area contributed by atoms with Crippen LogP contribution in [0, 0.1) is 18.3 Å². The molecule has 0 spiro atoms. The van der Waals surface area contributed by atoms with Crippen molar-refractivity contribution < 1.29 is 9.90 Å². The SMILES string of the molecule is Cc1c(-c2ccccc2)c(N2CCCC2N(C)C)n2c(nc3ccccc32)c1C#N.O=CO. The molecule has 0 aliphatic carbocycles. The lowest BCUT2D eigenvalue weighted by Crippen LogP contribution is -2.41. The van der Waals surface area contributed by atoms with Gasteiger partial charge in [-0.15, -0.1) is 0 Å². The lowest BCUT2D eigenvalue weighted by molar-refractivity contribution is -0.122. The number of carbonyl (C=O) groups is 1. The van der Waals surface area contributed by atoms with Crippen molar-refractivity contribution in [2.24, 2.45) is 0 Å². The molecule has 3 heterocycles. The number of nitriles is 1. The maximum Gasteiger partial charge on any atom is 0.290 e. The molecule has 5 rings (SSSR count). The van der Waals surface area contributed by atoms with E-state index in [0.29, 0.717) is 11.7 Å². The average molecular weight is 442 g/mol. The number of nitrogens with zero attached hydrogens (tertiary/aromatic N) is 5. The third-order valence-electron chi connectivity index (χ3n) is 6.23. The molecule has 0 bridgehead atoms. The molecule has 2 aromatic heterocycles. The zero-order chi connectivity index (χ0) is 23.5. The lowest BCUT2D eigenvalue weighted by Gasteiger charge is -2.34. The topological polar surface area (TPSA) is 84.9 Å². The summed E-state index contributed by atoms with van der Waals surface area (Å²) in [6.07, 6.45) is 2.57. The van der Waals surface area contributed by atoms with E-state index in [2.05, 4.69) is 71.6 Å². The molecule has 2 aromatic carbocycles. The summed E-state index contributed by atoms with van der Waals surface area (Å²) in [6.45, 7) is 2.79. The van der Waals surface area contributed by atoms with Crippen LogP contribution in [0.4, 0.5) is 5.82 Å². The molecule has 1 N–H and O–H groups in total. The number of imidazole rings is 1. The van der Waals surface area contributed by atoms with Crippen LogP contribution in [0.15, 0.2) is 54.6 Å². The molecule has 1 fully saturated rings. The van der Waals surface area contributed by atoms with Gasteiger partial charge in [0.25, 0.3) is 6.47 Å². The van der Waals surface area contributed by atoms with Gasteiger partial charge in [-0.1, -0.05) is 42.5 Å². The Morgan fingerprint density at radius 3 is 2.48 bits per heavy atom. The molecule has 7 heteroatoms. The number of carboxylic acid groups (broad SMARTS) is 1. The molecule has 1 saturated heterocycles. The first-order valence-electron chi connectivity index (χ1n) is 10.9. The number of pyridine rings is 1. The van der Waals surface area contributed by atoms with E-state index >= 15 is 0 Å². The fourth-order valence-corrected chi connectivity index (χ4v) is 4.87. The van der Waals surface area contributed by atoms with Crippen molar-refractivity contribution in [2.45, 2.75) is 25.9 Å². The summed E-state index contributed by atoms with van der Waals surface area (Å²) < 4.78 is 2.21. The molecule has 33 heavy (non-hydrogen) atoms. The Morgan fingerprint density at radius 2 is 1.82 bits per heavy atom. The molecule has 0 saturated carbocycles. The molecule has 0 amide bonds. The summed E-state index contributed by atoms with van der Waals surface area (Å²) in [5.41, 5.74) is 6.60. The maximum absolute atomic E-state index is 10.1. The summed E-state index contributed by atoms with van der Waals surface area (Å²) in [5.74, 6) is 1.14. The van der Waals surface area contributed by atoms with Crippen molar-refractivity contribution in [1.82, 2.24) is 14.3 Å². The number of benzene rings is 2. The zero-order valence-corrected chi connectivity index (χ0v) is 19.1. The van der Waals surface area contributed by atoms with E-state index in [9.17, 15) is 5.26 Å². The summed E-state index contributed by atoms with van der Waals surface area (Å²) in [6, 6.07) is 21.1. The smallest absolute Gasteiger partial charge is 0.290 e. The highest BCUT2D eigenvalue weighted by Gasteiger charge is 2.32. The second kappa shape index (κ2) is 9.31. The van der Waals surface area contributed by atoms with Crippen LogP contribution in [0.3, 0.4) is 0 Å². The van der Waals surface area contributed by atoms with Crippen LogP contribution < -0.4 is 4.90 Å². The van der Waals surface area contributed by atoms with Crippen LogP contribution in [0.1, 0.15) is 24.0 Å². The lowest BCUT2D eigenvalue weighted by atomic mass is 9.97. The molecule has 0 radical (unpaired) electrons. The predicted octanol–water partition coefficient (Wildman–Crippen LogP) is 4.52. The van der Waals surface area contributed by atoms with Gasteiger partial charge < -0.3 is 10.0 Å². The number of rotatable bonds is 3. The summed E-state index contributed by atoms with van der Waals surface area (Å²) >= 11 is 0. The van der Waals surface area contributed by atoms with Gasteiger partial charge in [0.15, 0.2) is 5.65 Å². The van der Waals surface area contributed by atoms with Crippen molar-refractivity contribution in [3.05, 3.63) is 65.7 Å². The Bertz CT molecular complexity index is 1340. The summed E-state index contributed by atoms with van der Waals surface area (Å²) in [7, 11) is 4.29. The Balaban J connectivity index is 0.000000821. The first kappa shape index (κ1) is 22.3. The molecule has 1 aliphatic heterocycles. The van der Waals surface area contributed by atoms with Gasteiger partial charge in [-0.3, -0.25) is 14.1 Å². The third-order valence-corrected chi connectivity index (χ3v) is 6.23. The van der Waals surface area contributed by atoms with Crippen molar-refractivity contribution in [1.29, 1.82) is 5.26 Å². The Kier molecular flexibility index (Phi) is 6.29. The van der Waals surface area contributed by atoms with Gasteiger partial charge in [-0.2, -0.15) is 5.26 Å². The Morgan fingerprint density at radius 1 is 1.15 bits per heavy atom. The van der Waals surface area contributed by atoms with E-state index in [1.165, 1.54) is 0 Å². The minimum absolute atomic E-state index is 0.250. The van der Waals surface area contributed by atoms with Crippen LogP contribution >= 0.6 is 0 Å². The van der Waals surface area contributed by atoms with Crippen LogP contribution in [-0.4, -0.2) is 52.7 Å². The van der Waals surface area contributed by atoms with Gasteiger partial charge in [0, 0.05) is 12.1 Å². The number of hydrogen-bond acceptors (Lipinski definition) is 5. The van der Waals surface area contributed by atoms with E-state index in [4.69, 9.17) is 14.9 Å². The average Bonchev–Trinajstić information content (AvgIpc) is 3.45. The second-order valence-electron chi connectivity index (χ2n) is 8.32. The minimum Gasteiger partial charge on any atom is -0.483 e. The van der Waals surface area contributed by atoms with Crippen molar-refractivity contribution in [2.75, 3.05) is 25.5 Å². The monoisotopic (exact) mass is 441 g/mol. The number of hydrogen-bond donors (Lipinski definition) is 1. The fourth-order valence-electron chi connectivity index (χ4n) is 4.87. The number of para-hydroxylation sites is 2. The number of fused-ring (bicyclic) bond motifs is 3. The highest BCUT2D eigenvalue weighted by Crippen LogP contribution is 2.41. The minimum atomic E-state index is -0.250.